The molecule has 0 radical (unpaired) electrons. The van der Waals surface area contributed by atoms with Crippen LogP contribution in [0.2, 0.25) is 0 Å². The van der Waals surface area contributed by atoms with E-state index in [4.69, 9.17) is 5.73 Å². The first-order valence-electron chi connectivity index (χ1n) is 2.34. The first-order valence-corrected chi connectivity index (χ1v) is 2.34. The van der Waals surface area contributed by atoms with Crippen LogP contribution in [-0.4, -0.2) is 18.5 Å². The summed E-state index contributed by atoms with van der Waals surface area (Å²) in [5, 5.41) is 0. The van der Waals surface area contributed by atoms with Gasteiger partial charge in [-0.15, -0.1) is 0 Å². The molecule has 2 nitrogen and oxygen atoms in total. The van der Waals surface area contributed by atoms with Crippen LogP contribution in [0.1, 0.15) is 6.92 Å². The Morgan fingerprint density at radius 1 is 1.86 bits per heavy atom. The molecule has 0 saturated heterocycles. The molecule has 0 aromatic heterocycles. The first kappa shape index (κ1) is 6.34. The zero-order valence-corrected chi connectivity index (χ0v) is 4.94. The van der Waals surface area contributed by atoms with Crippen molar-refractivity contribution in [1.29, 1.82) is 0 Å². The molecule has 0 aromatic carbocycles. The average molecular weight is 100 g/mol. The molecule has 0 heterocycles. The van der Waals surface area contributed by atoms with E-state index in [1.54, 1.807) is 0 Å². The molecule has 0 fully saturated rings. The number of hydrogen-bond acceptors (Lipinski definition) is 2. The van der Waals surface area contributed by atoms with E-state index in [1.165, 1.54) is 0 Å². The van der Waals surface area contributed by atoms with Crippen molar-refractivity contribution < 1.29 is 0 Å². The number of hydrogen-bond donors (Lipinski definition) is 1. The van der Waals surface area contributed by atoms with Crippen molar-refractivity contribution in [3.05, 3.63) is 12.4 Å². The lowest BCUT2D eigenvalue weighted by atomic mass is 10.6. The molecule has 0 saturated carbocycles. The molecular formula is C5H12N2. The van der Waals surface area contributed by atoms with Crippen LogP contribution in [0.4, 0.5) is 0 Å². The summed E-state index contributed by atoms with van der Waals surface area (Å²) in [5.74, 6) is 0.627. The molecule has 0 aliphatic rings. The molecule has 0 aliphatic heterocycles. The summed E-state index contributed by atoms with van der Waals surface area (Å²) in [4.78, 5) is 1.88. The Morgan fingerprint density at radius 3 is 2.29 bits per heavy atom. The minimum atomic E-state index is 0.627. The summed E-state index contributed by atoms with van der Waals surface area (Å²) in [7, 11) is 1.91. The lowest BCUT2D eigenvalue weighted by molar-refractivity contribution is 0.439. The van der Waals surface area contributed by atoms with Gasteiger partial charge in [0.2, 0.25) is 0 Å². The molecule has 7 heavy (non-hydrogen) atoms. The Labute approximate surface area is 44.6 Å². The SMILES string of the molecule is C=C(N)N(C)CC. The highest BCUT2D eigenvalue weighted by atomic mass is 15.2. The molecule has 0 spiro atoms. The molecule has 0 aromatic rings. The largest absolute Gasteiger partial charge is 0.386 e. The zero-order valence-electron chi connectivity index (χ0n) is 4.94. The smallest absolute Gasteiger partial charge is 0.0909 e. The van der Waals surface area contributed by atoms with Crippen LogP contribution in [0.3, 0.4) is 0 Å². The predicted molar refractivity (Wildman–Crippen MR) is 31.6 cm³/mol. The Kier molecular flexibility index (Phi) is 2.27. The van der Waals surface area contributed by atoms with Gasteiger partial charge in [0, 0.05) is 13.6 Å². The second kappa shape index (κ2) is 2.50. The molecular weight excluding hydrogens is 88.1 g/mol. The van der Waals surface area contributed by atoms with Gasteiger partial charge in [-0.1, -0.05) is 6.58 Å². The summed E-state index contributed by atoms with van der Waals surface area (Å²) in [6.07, 6.45) is 0. The molecule has 0 rings (SSSR count). The molecule has 0 bridgehead atoms. The second-order valence-electron chi connectivity index (χ2n) is 1.51. The van der Waals surface area contributed by atoms with Crippen molar-refractivity contribution in [3.8, 4) is 0 Å². The fraction of sp³-hybridized carbons (Fsp3) is 0.600. The van der Waals surface area contributed by atoms with Crippen LogP contribution in [0, 0.1) is 0 Å². The maximum Gasteiger partial charge on any atom is 0.0909 e. The van der Waals surface area contributed by atoms with E-state index in [0.29, 0.717) is 5.82 Å². The zero-order chi connectivity index (χ0) is 5.86. The van der Waals surface area contributed by atoms with Crippen LogP contribution in [0.25, 0.3) is 0 Å². The molecule has 0 amide bonds. The van der Waals surface area contributed by atoms with E-state index < -0.39 is 0 Å². The van der Waals surface area contributed by atoms with Gasteiger partial charge in [0.25, 0.3) is 0 Å². The molecule has 0 aliphatic carbocycles. The van der Waals surface area contributed by atoms with Gasteiger partial charge in [0.05, 0.1) is 5.82 Å². The van der Waals surface area contributed by atoms with Gasteiger partial charge in [-0.05, 0) is 6.92 Å². The van der Waals surface area contributed by atoms with Gasteiger partial charge >= 0.3 is 0 Å². The van der Waals surface area contributed by atoms with Gasteiger partial charge in [0.15, 0.2) is 0 Å². The van der Waals surface area contributed by atoms with Crippen LogP contribution < -0.4 is 5.73 Å². The fourth-order valence-corrected chi connectivity index (χ4v) is 0.203. The standard InChI is InChI=1S/C5H12N2/c1-4-7(3)5(2)6/h2,4,6H2,1,3H3. The highest BCUT2D eigenvalue weighted by molar-refractivity contribution is 4.82. The van der Waals surface area contributed by atoms with Crippen LogP contribution in [0.5, 0.6) is 0 Å². The summed E-state index contributed by atoms with van der Waals surface area (Å²) in [6.45, 7) is 6.48. The van der Waals surface area contributed by atoms with Crippen LogP contribution in [0.15, 0.2) is 12.4 Å². The van der Waals surface area contributed by atoms with Gasteiger partial charge in [-0.2, -0.15) is 0 Å². The summed E-state index contributed by atoms with van der Waals surface area (Å²) >= 11 is 0. The van der Waals surface area contributed by atoms with Crippen molar-refractivity contribution in [2.45, 2.75) is 6.92 Å². The van der Waals surface area contributed by atoms with Gasteiger partial charge < -0.3 is 10.6 Å². The average Bonchev–Trinajstić information content (AvgIpc) is 1.65. The third-order valence-corrected chi connectivity index (χ3v) is 0.965. The van der Waals surface area contributed by atoms with Crippen molar-refractivity contribution >= 4 is 0 Å². The Hall–Kier alpha value is -0.660. The van der Waals surface area contributed by atoms with Crippen LogP contribution >= 0.6 is 0 Å². The second-order valence-corrected chi connectivity index (χ2v) is 1.51. The van der Waals surface area contributed by atoms with Crippen LogP contribution in [-0.2, 0) is 0 Å². The van der Waals surface area contributed by atoms with E-state index >= 15 is 0 Å². The summed E-state index contributed by atoms with van der Waals surface area (Å²) in [5.41, 5.74) is 5.28. The molecule has 2 N–H and O–H groups in total. The Bertz CT molecular complexity index is 68.5. The maximum atomic E-state index is 5.28. The lowest BCUT2D eigenvalue weighted by Gasteiger charge is -2.13. The van der Waals surface area contributed by atoms with Gasteiger partial charge in [0.1, 0.15) is 0 Å². The van der Waals surface area contributed by atoms with Crippen molar-refractivity contribution in [2.24, 2.45) is 5.73 Å². The molecule has 42 valence electrons. The van der Waals surface area contributed by atoms with Gasteiger partial charge in [-0.25, -0.2) is 0 Å². The van der Waals surface area contributed by atoms with Gasteiger partial charge in [-0.3, -0.25) is 0 Å². The third-order valence-electron chi connectivity index (χ3n) is 0.965. The van der Waals surface area contributed by atoms with E-state index in [2.05, 4.69) is 6.58 Å². The minimum Gasteiger partial charge on any atom is -0.386 e. The Balaban J connectivity index is 3.34. The predicted octanol–water partition coefficient (Wildman–Crippen LogP) is 0.368. The quantitative estimate of drug-likeness (QED) is 0.543. The van der Waals surface area contributed by atoms with E-state index in [-0.39, 0.29) is 0 Å². The van der Waals surface area contributed by atoms with Crippen molar-refractivity contribution in [3.63, 3.8) is 0 Å². The van der Waals surface area contributed by atoms with Crippen molar-refractivity contribution in [1.82, 2.24) is 4.90 Å². The number of nitrogens with zero attached hydrogens (tertiary/aromatic N) is 1. The normalized spacial score (nSPS) is 8.29. The maximum absolute atomic E-state index is 5.28. The molecule has 0 atom stereocenters. The topological polar surface area (TPSA) is 29.3 Å². The first-order chi connectivity index (χ1) is 3.18. The molecule has 2 heteroatoms. The third kappa shape index (κ3) is 2.09. The molecule has 0 unspecified atom stereocenters. The number of nitrogens with two attached hydrogens (primary N) is 1. The summed E-state index contributed by atoms with van der Waals surface area (Å²) in [6, 6.07) is 0. The minimum absolute atomic E-state index is 0.627. The monoisotopic (exact) mass is 100 g/mol. The highest BCUT2D eigenvalue weighted by Crippen LogP contribution is 1.84. The summed E-state index contributed by atoms with van der Waals surface area (Å²) < 4.78 is 0. The van der Waals surface area contributed by atoms with Crippen molar-refractivity contribution in [2.75, 3.05) is 13.6 Å². The fourth-order valence-electron chi connectivity index (χ4n) is 0.203. The highest BCUT2D eigenvalue weighted by Gasteiger charge is 1.87. The Morgan fingerprint density at radius 2 is 2.29 bits per heavy atom. The van der Waals surface area contributed by atoms with E-state index in [9.17, 15) is 0 Å². The lowest BCUT2D eigenvalue weighted by Crippen LogP contribution is -2.21. The van der Waals surface area contributed by atoms with E-state index in [0.717, 1.165) is 6.54 Å². The number of rotatable bonds is 2. The van der Waals surface area contributed by atoms with E-state index in [1.807, 2.05) is 18.9 Å².